The summed E-state index contributed by atoms with van der Waals surface area (Å²) in [7, 11) is 0. The van der Waals surface area contributed by atoms with Gasteiger partial charge >= 0.3 is 0 Å². The summed E-state index contributed by atoms with van der Waals surface area (Å²) in [6.07, 6.45) is 0.726. The first-order chi connectivity index (χ1) is 17.1. The van der Waals surface area contributed by atoms with Gasteiger partial charge in [-0.15, -0.1) is 10.2 Å². The second kappa shape index (κ2) is 9.82. The van der Waals surface area contributed by atoms with E-state index in [0.717, 1.165) is 12.2 Å². The maximum absolute atomic E-state index is 13.3. The van der Waals surface area contributed by atoms with Crippen molar-refractivity contribution >= 4 is 5.78 Å². The zero-order chi connectivity index (χ0) is 24.1. The molecule has 1 aliphatic heterocycles. The minimum atomic E-state index is -1.47. The number of hydrogen-bond acceptors (Lipinski definition) is 9. The third-order valence-electron chi connectivity index (χ3n) is 5.36. The number of benzene rings is 3. The van der Waals surface area contributed by atoms with Gasteiger partial charge in [0.25, 0.3) is 5.72 Å². The molecule has 5 rings (SSSR count). The van der Waals surface area contributed by atoms with E-state index in [4.69, 9.17) is 24.7 Å². The summed E-state index contributed by atoms with van der Waals surface area (Å²) in [5.74, 6) is 2.02. The van der Waals surface area contributed by atoms with E-state index >= 15 is 0 Å². The molecule has 0 spiro atoms. The van der Waals surface area contributed by atoms with Crippen LogP contribution in [-0.2, 0) is 5.72 Å². The van der Waals surface area contributed by atoms with Crippen molar-refractivity contribution in [3.05, 3.63) is 89.7 Å². The molecule has 0 saturated carbocycles. The Hall–Kier alpha value is -4.44. The summed E-state index contributed by atoms with van der Waals surface area (Å²) in [4.78, 5) is 13.3. The summed E-state index contributed by atoms with van der Waals surface area (Å²) in [5, 5.41) is 13.7. The molecule has 35 heavy (non-hydrogen) atoms. The Morgan fingerprint density at radius 3 is 2.43 bits per heavy atom. The monoisotopic (exact) mass is 473 g/mol. The molecule has 0 aliphatic carbocycles. The third-order valence-corrected chi connectivity index (χ3v) is 5.36. The number of fused-ring (bicyclic) bond motifs is 1. The third kappa shape index (κ3) is 4.92. The fraction of sp³-hybridized carbons (Fsp3) is 0.200. The molecule has 178 valence electrons. The normalized spacial score (nSPS) is 16.5. The van der Waals surface area contributed by atoms with E-state index in [1.165, 1.54) is 0 Å². The highest BCUT2D eigenvalue weighted by Gasteiger charge is 2.41. The smallest absolute Gasteiger partial charge is 0.257 e. The Balaban J connectivity index is 1.22. The lowest BCUT2D eigenvalue weighted by Gasteiger charge is -2.33. The second-order valence-electron chi connectivity index (χ2n) is 7.87. The van der Waals surface area contributed by atoms with Crippen LogP contribution in [0, 0.1) is 0 Å². The number of tetrazole rings is 1. The lowest BCUT2D eigenvalue weighted by Crippen LogP contribution is -2.51. The van der Waals surface area contributed by atoms with Crippen molar-refractivity contribution in [2.75, 3.05) is 19.8 Å². The zero-order valence-electron chi connectivity index (χ0n) is 18.7. The van der Waals surface area contributed by atoms with Gasteiger partial charge in [-0.2, -0.15) is 5.21 Å². The van der Waals surface area contributed by atoms with Crippen molar-refractivity contribution in [2.45, 2.75) is 12.1 Å². The number of aromatic nitrogens is 4. The molecular formula is C25H23N5O5. The van der Waals surface area contributed by atoms with Gasteiger partial charge in [-0.3, -0.25) is 10.5 Å². The van der Waals surface area contributed by atoms with E-state index in [-0.39, 0.29) is 24.0 Å². The van der Waals surface area contributed by atoms with Crippen molar-refractivity contribution in [3.8, 4) is 23.0 Å². The summed E-state index contributed by atoms with van der Waals surface area (Å²) >= 11 is 0. The van der Waals surface area contributed by atoms with E-state index < -0.39 is 5.72 Å². The molecule has 1 atom stereocenters. The van der Waals surface area contributed by atoms with Crippen molar-refractivity contribution in [1.29, 1.82) is 0 Å². The lowest BCUT2D eigenvalue weighted by atomic mass is 10.0. The standard InChI is InChI=1S/C25H23N5O5/c26-25(24-27-29-30-28-24)16-34-21-9-4-8-20(23(21)35-25)22(31)17-10-12-19(13-11-17)33-15-5-14-32-18-6-2-1-3-7-18/h1-4,6-13H,5,14-16,26H2,(H,27,28,29,30). The highest BCUT2D eigenvalue weighted by molar-refractivity contribution is 6.11. The summed E-state index contributed by atoms with van der Waals surface area (Å²) in [6, 6.07) is 21.6. The van der Waals surface area contributed by atoms with Crippen LogP contribution in [0.3, 0.4) is 0 Å². The van der Waals surface area contributed by atoms with Crippen LogP contribution in [0.5, 0.6) is 23.0 Å². The predicted octanol–water partition coefficient (Wildman–Crippen LogP) is 2.86. The number of nitrogens with two attached hydrogens (primary N) is 1. The lowest BCUT2D eigenvalue weighted by molar-refractivity contribution is -0.0154. The molecule has 1 unspecified atom stereocenters. The number of nitrogens with one attached hydrogen (secondary N) is 1. The number of para-hydroxylation sites is 2. The number of ketones is 1. The van der Waals surface area contributed by atoms with Gasteiger partial charge in [0.05, 0.1) is 18.8 Å². The van der Waals surface area contributed by atoms with Gasteiger partial charge in [0.15, 0.2) is 17.3 Å². The first-order valence-corrected chi connectivity index (χ1v) is 11.1. The van der Waals surface area contributed by atoms with Crippen LogP contribution in [0.1, 0.15) is 28.2 Å². The van der Waals surface area contributed by atoms with Crippen molar-refractivity contribution in [1.82, 2.24) is 20.6 Å². The summed E-state index contributed by atoms with van der Waals surface area (Å²) in [6.45, 7) is 1.01. The predicted molar refractivity (Wildman–Crippen MR) is 125 cm³/mol. The highest BCUT2D eigenvalue weighted by atomic mass is 16.6. The molecule has 0 saturated heterocycles. The van der Waals surface area contributed by atoms with Gasteiger partial charge in [0.1, 0.15) is 18.1 Å². The minimum absolute atomic E-state index is 0.0282. The van der Waals surface area contributed by atoms with Crippen LogP contribution in [0.4, 0.5) is 0 Å². The topological polar surface area (TPSA) is 134 Å². The van der Waals surface area contributed by atoms with Gasteiger partial charge in [0, 0.05) is 12.0 Å². The van der Waals surface area contributed by atoms with Gasteiger partial charge in [-0.05, 0) is 53.7 Å². The molecule has 3 aromatic carbocycles. The average Bonchev–Trinajstić information content (AvgIpc) is 3.45. The van der Waals surface area contributed by atoms with Gasteiger partial charge in [-0.1, -0.05) is 24.3 Å². The van der Waals surface area contributed by atoms with E-state index in [1.807, 2.05) is 30.3 Å². The molecule has 0 fully saturated rings. The number of nitrogens with zero attached hydrogens (tertiary/aromatic N) is 3. The molecule has 10 heteroatoms. The molecule has 4 aromatic rings. The number of H-pyrrole nitrogens is 1. The Bertz CT molecular complexity index is 1280. The van der Waals surface area contributed by atoms with Crippen molar-refractivity contribution in [3.63, 3.8) is 0 Å². The Morgan fingerprint density at radius 1 is 0.971 bits per heavy atom. The van der Waals surface area contributed by atoms with E-state index in [9.17, 15) is 4.79 Å². The summed E-state index contributed by atoms with van der Waals surface area (Å²) < 4.78 is 23.2. The number of ether oxygens (including phenoxy) is 4. The fourth-order valence-electron chi connectivity index (χ4n) is 3.58. The minimum Gasteiger partial charge on any atom is -0.493 e. The van der Waals surface area contributed by atoms with Crippen molar-refractivity contribution < 1.29 is 23.7 Å². The van der Waals surface area contributed by atoms with Crippen LogP contribution in [-0.4, -0.2) is 46.2 Å². The first-order valence-electron chi connectivity index (χ1n) is 11.1. The van der Waals surface area contributed by atoms with Crippen LogP contribution in [0.25, 0.3) is 0 Å². The number of rotatable bonds is 9. The molecule has 0 radical (unpaired) electrons. The SMILES string of the molecule is NC1(c2nn[nH]n2)COc2cccc(C(=O)c3ccc(OCCCOc4ccccc4)cc3)c2O1. The average molecular weight is 473 g/mol. The highest BCUT2D eigenvalue weighted by Crippen LogP contribution is 2.40. The van der Waals surface area contributed by atoms with Crippen molar-refractivity contribution in [2.24, 2.45) is 5.73 Å². The Kier molecular flexibility index (Phi) is 6.27. The van der Waals surface area contributed by atoms with E-state index in [0.29, 0.717) is 35.8 Å². The van der Waals surface area contributed by atoms with Crippen LogP contribution >= 0.6 is 0 Å². The molecule has 10 nitrogen and oxygen atoms in total. The molecule has 1 aliphatic rings. The van der Waals surface area contributed by atoms with Crippen LogP contribution in [0.15, 0.2) is 72.8 Å². The van der Waals surface area contributed by atoms with Crippen LogP contribution < -0.4 is 24.7 Å². The van der Waals surface area contributed by atoms with Gasteiger partial charge in [-0.25, -0.2) is 0 Å². The first kappa shape index (κ1) is 22.4. The second-order valence-corrected chi connectivity index (χ2v) is 7.87. The largest absolute Gasteiger partial charge is 0.493 e. The number of carbonyl (C=O) groups is 1. The molecule has 0 amide bonds. The van der Waals surface area contributed by atoms with E-state index in [1.54, 1.807) is 42.5 Å². The molecule has 3 N–H and O–H groups in total. The number of aromatic amines is 1. The van der Waals surface area contributed by atoms with Gasteiger partial charge in [0.2, 0.25) is 5.82 Å². The maximum atomic E-state index is 13.3. The Labute approximate surface area is 201 Å². The maximum Gasteiger partial charge on any atom is 0.257 e. The van der Waals surface area contributed by atoms with E-state index in [2.05, 4.69) is 20.6 Å². The number of hydrogen-bond donors (Lipinski definition) is 2. The van der Waals surface area contributed by atoms with Crippen LogP contribution in [0.2, 0.25) is 0 Å². The Morgan fingerprint density at radius 2 is 1.71 bits per heavy atom. The molecule has 2 heterocycles. The molecular weight excluding hydrogens is 450 g/mol. The van der Waals surface area contributed by atoms with Gasteiger partial charge < -0.3 is 18.9 Å². The zero-order valence-corrected chi connectivity index (χ0v) is 18.7. The quantitative estimate of drug-likeness (QED) is 0.278. The number of carbonyl (C=O) groups excluding carboxylic acids is 1. The fourth-order valence-corrected chi connectivity index (χ4v) is 3.58. The molecule has 0 bridgehead atoms. The molecule has 1 aromatic heterocycles. The summed E-state index contributed by atoms with van der Waals surface area (Å²) in [5.41, 5.74) is 5.60.